The molecule has 0 aliphatic carbocycles. The Kier molecular flexibility index (Phi) is 6.40. The summed E-state index contributed by atoms with van der Waals surface area (Å²) in [6, 6.07) is 16.8. The number of rotatable bonds is 5. The zero-order valence-corrected chi connectivity index (χ0v) is 16.7. The number of halogens is 1. The molecule has 0 fully saturated rings. The number of benzene rings is 2. The van der Waals surface area contributed by atoms with Crippen LogP contribution in [0, 0.1) is 18.3 Å². The van der Waals surface area contributed by atoms with Crippen LogP contribution in [-0.2, 0) is 9.59 Å². The Hall–Kier alpha value is -2.75. The maximum atomic E-state index is 12.3. The van der Waals surface area contributed by atoms with Crippen LogP contribution in [0.25, 0.3) is 0 Å². The summed E-state index contributed by atoms with van der Waals surface area (Å²) in [6.45, 7) is 1.96. The number of carbonyl (C=O) groups excluding carboxylic acids is 2. The number of nitrogens with zero attached hydrogens (tertiary/aromatic N) is 1. The molecule has 0 radical (unpaired) electrons. The first-order valence-electron chi connectivity index (χ1n) is 8.66. The third-order valence-electron chi connectivity index (χ3n) is 4.38. The molecule has 0 bridgehead atoms. The van der Waals surface area contributed by atoms with Crippen molar-refractivity contribution >= 4 is 40.9 Å². The summed E-state index contributed by atoms with van der Waals surface area (Å²) >= 11 is 7.07. The minimum atomic E-state index is -0.307. The summed E-state index contributed by atoms with van der Waals surface area (Å²) in [5.41, 5.74) is 3.06. The number of hydrogen-bond acceptors (Lipinski definition) is 4. The summed E-state index contributed by atoms with van der Waals surface area (Å²) in [5.74, 6) is -0.652. The quantitative estimate of drug-likeness (QED) is 0.765. The fourth-order valence-electron chi connectivity index (χ4n) is 3.08. The lowest BCUT2D eigenvalue weighted by Crippen LogP contribution is -2.31. The van der Waals surface area contributed by atoms with Gasteiger partial charge in [0.15, 0.2) is 0 Å². The molecular formula is C21H18ClN3O2S. The van der Waals surface area contributed by atoms with Gasteiger partial charge in [-0.2, -0.15) is 5.26 Å². The van der Waals surface area contributed by atoms with E-state index in [1.54, 1.807) is 24.3 Å². The van der Waals surface area contributed by atoms with E-state index in [4.69, 9.17) is 11.6 Å². The Morgan fingerprint density at radius 3 is 2.82 bits per heavy atom. The van der Waals surface area contributed by atoms with Gasteiger partial charge in [-0.25, -0.2) is 0 Å². The second-order valence-electron chi connectivity index (χ2n) is 6.36. The van der Waals surface area contributed by atoms with Crippen LogP contribution >= 0.6 is 23.4 Å². The van der Waals surface area contributed by atoms with E-state index in [2.05, 4.69) is 16.7 Å². The fourth-order valence-corrected chi connectivity index (χ4v) is 4.14. The molecule has 1 aliphatic rings. The van der Waals surface area contributed by atoms with Gasteiger partial charge in [0.05, 0.1) is 22.4 Å². The Morgan fingerprint density at radius 1 is 1.32 bits per heavy atom. The number of carbonyl (C=O) groups is 2. The van der Waals surface area contributed by atoms with Crippen LogP contribution in [0.1, 0.15) is 23.5 Å². The highest BCUT2D eigenvalue weighted by atomic mass is 35.5. The van der Waals surface area contributed by atoms with Gasteiger partial charge in [0.25, 0.3) is 0 Å². The van der Waals surface area contributed by atoms with Crippen molar-refractivity contribution in [1.29, 1.82) is 5.26 Å². The van der Waals surface area contributed by atoms with Crippen LogP contribution in [-0.4, -0.2) is 17.6 Å². The average Bonchev–Trinajstić information content (AvgIpc) is 2.66. The Bertz CT molecular complexity index is 997. The maximum Gasteiger partial charge on any atom is 0.234 e. The molecule has 28 heavy (non-hydrogen) atoms. The predicted octanol–water partition coefficient (Wildman–Crippen LogP) is 4.36. The zero-order chi connectivity index (χ0) is 20.1. The van der Waals surface area contributed by atoms with Crippen molar-refractivity contribution in [2.75, 3.05) is 11.1 Å². The summed E-state index contributed by atoms with van der Waals surface area (Å²) in [7, 11) is 0. The second kappa shape index (κ2) is 8.96. The van der Waals surface area contributed by atoms with Gasteiger partial charge >= 0.3 is 0 Å². The topological polar surface area (TPSA) is 82.0 Å². The first kappa shape index (κ1) is 20.0. The van der Waals surface area contributed by atoms with E-state index >= 15 is 0 Å². The van der Waals surface area contributed by atoms with Crippen LogP contribution in [0.2, 0.25) is 5.02 Å². The molecule has 0 saturated heterocycles. The number of nitriles is 1. The molecule has 7 heteroatoms. The largest absolute Gasteiger partial charge is 0.325 e. The van der Waals surface area contributed by atoms with E-state index in [1.807, 2.05) is 31.2 Å². The van der Waals surface area contributed by atoms with E-state index in [0.29, 0.717) is 21.3 Å². The monoisotopic (exact) mass is 411 g/mol. The van der Waals surface area contributed by atoms with Gasteiger partial charge in [-0.1, -0.05) is 53.7 Å². The van der Waals surface area contributed by atoms with Gasteiger partial charge in [0, 0.05) is 23.0 Å². The number of aryl methyl sites for hydroxylation is 1. The standard InChI is InChI=1S/C21H18ClN3O2S/c1-13-5-2-3-8-16(13)17-10-19(26)25-21(18(17)11-23)28-12-20(27)24-15-7-4-6-14(22)9-15/h2-9,17H,10,12H2,1H3,(H,24,27)(H,25,26). The molecule has 1 heterocycles. The molecule has 0 aromatic heterocycles. The number of hydrogen-bond donors (Lipinski definition) is 2. The molecule has 2 N–H and O–H groups in total. The Morgan fingerprint density at radius 2 is 2.11 bits per heavy atom. The molecule has 1 aliphatic heterocycles. The van der Waals surface area contributed by atoms with Gasteiger partial charge < -0.3 is 10.6 Å². The van der Waals surface area contributed by atoms with Gasteiger partial charge in [-0.15, -0.1) is 0 Å². The van der Waals surface area contributed by atoms with Gasteiger partial charge in [0.1, 0.15) is 0 Å². The Labute approximate surface area is 172 Å². The van der Waals surface area contributed by atoms with Crippen LogP contribution in [0.3, 0.4) is 0 Å². The predicted molar refractivity (Wildman–Crippen MR) is 112 cm³/mol. The lowest BCUT2D eigenvalue weighted by Gasteiger charge is -2.26. The van der Waals surface area contributed by atoms with Crippen LogP contribution in [0.4, 0.5) is 5.69 Å². The molecule has 0 saturated carbocycles. The second-order valence-corrected chi connectivity index (χ2v) is 7.79. The normalized spacial score (nSPS) is 16.3. The first-order valence-corrected chi connectivity index (χ1v) is 10.0. The maximum absolute atomic E-state index is 12.3. The zero-order valence-electron chi connectivity index (χ0n) is 15.2. The number of anilines is 1. The first-order chi connectivity index (χ1) is 13.5. The molecule has 142 valence electrons. The summed E-state index contributed by atoms with van der Waals surface area (Å²) in [4.78, 5) is 24.5. The molecular weight excluding hydrogens is 394 g/mol. The van der Waals surface area contributed by atoms with E-state index in [1.165, 1.54) is 0 Å². The van der Waals surface area contributed by atoms with E-state index in [9.17, 15) is 14.9 Å². The molecule has 5 nitrogen and oxygen atoms in total. The van der Waals surface area contributed by atoms with Crippen molar-refractivity contribution in [2.24, 2.45) is 0 Å². The van der Waals surface area contributed by atoms with Crippen molar-refractivity contribution in [3.05, 3.63) is 75.3 Å². The molecule has 2 aromatic rings. The third kappa shape index (κ3) is 4.75. The van der Waals surface area contributed by atoms with Crippen LogP contribution < -0.4 is 10.6 Å². The number of nitrogens with one attached hydrogen (secondary N) is 2. The molecule has 1 atom stereocenters. The minimum Gasteiger partial charge on any atom is -0.325 e. The molecule has 1 unspecified atom stereocenters. The SMILES string of the molecule is Cc1ccccc1C1CC(=O)NC(SCC(=O)Nc2cccc(Cl)c2)=C1C#N. The highest BCUT2D eigenvalue weighted by Gasteiger charge is 2.30. The third-order valence-corrected chi connectivity index (χ3v) is 5.63. The van der Waals surface area contributed by atoms with Crippen molar-refractivity contribution < 1.29 is 9.59 Å². The number of amides is 2. The lowest BCUT2D eigenvalue weighted by atomic mass is 9.85. The van der Waals surface area contributed by atoms with Crippen LogP contribution in [0.5, 0.6) is 0 Å². The van der Waals surface area contributed by atoms with Gasteiger partial charge in [-0.3, -0.25) is 9.59 Å². The van der Waals surface area contributed by atoms with Crippen LogP contribution in [0.15, 0.2) is 59.1 Å². The highest BCUT2D eigenvalue weighted by Crippen LogP contribution is 2.37. The lowest BCUT2D eigenvalue weighted by molar-refractivity contribution is -0.121. The van der Waals surface area contributed by atoms with E-state index < -0.39 is 0 Å². The van der Waals surface area contributed by atoms with Crippen molar-refractivity contribution in [3.63, 3.8) is 0 Å². The minimum absolute atomic E-state index is 0.0633. The van der Waals surface area contributed by atoms with Gasteiger partial charge in [-0.05, 0) is 36.2 Å². The fraction of sp³-hybridized carbons (Fsp3) is 0.190. The smallest absolute Gasteiger partial charge is 0.234 e. The van der Waals surface area contributed by atoms with Crippen molar-refractivity contribution in [3.8, 4) is 6.07 Å². The molecule has 2 aromatic carbocycles. The number of thioether (sulfide) groups is 1. The van der Waals surface area contributed by atoms with Crippen molar-refractivity contribution in [2.45, 2.75) is 19.3 Å². The molecule has 0 spiro atoms. The molecule has 3 rings (SSSR count). The van der Waals surface area contributed by atoms with E-state index in [-0.39, 0.29) is 29.9 Å². The summed E-state index contributed by atoms with van der Waals surface area (Å²) in [5, 5.41) is 16.2. The summed E-state index contributed by atoms with van der Waals surface area (Å²) in [6.07, 6.45) is 0.215. The van der Waals surface area contributed by atoms with Gasteiger partial charge in [0.2, 0.25) is 11.8 Å². The average molecular weight is 412 g/mol. The summed E-state index contributed by atoms with van der Waals surface area (Å²) < 4.78 is 0. The molecule has 2 amide bonds. The van der Waals surface area contributed by atoms with Crippen molar-refractivity contribution in [1.82, 2.24) is 5.32 Å². The Balaban J connectivity index is 1.77. The highest BCUT2D eigenvalue weighted by molar-refractivity contribution is 8.03. The van der Waals surface area contributed by atoms with E-state index in [0.717, 1.165) is 22.9 Å². The number of allylic oxidation sites excluding steroid dienone is 1.